The van der Waals surface area contributed by atoms with Gasteiger partial charge in [0.2, 0.25) is 5.91 Å². The molecule has 0 bridgehead atoms. The van der Waals surface area contributed by atoms with Gasteiger partial charge in [0.25, 0.3) is 0 Å². The van der Waals surface area contributed by atoms with Crippen LogP contribution in [0.2, 0.25) is 0 Å². The van der Waals surface area contributed by atoms with Crippen molar-refractivity contribution in [3.05, 3.63) is 65.3 Å². The molecule has 0 aromatic heterocycles. The SMILES string of the molecule is CNc1ccc(/C(=C/C(N)=Nc2cc(NC(=O)/C=C/CN(C)C)c(C(C)=O)cc2OC)NN)cc1C=N. The Hall–Kier alpha value is -4.48. The third-order valence-electron chi connectivity index (χ3n) is 5.18. The van der Waals surface area contributed by atoms with Gasteiger partial charge in [0.15, 0.2) is 5.78 Å². The first-order valence-corrected chi connectivity index (χ1v) is 11.3. The Morgan fingerprint density at radius 3 is 2.49 bits per heavy atom. The molecule has 1 amide bonds. The summed E-state index contributed by atoms with van der Waals surface area (Å²) in [6.45, 7) is 1.98. The largest absolute Gasteiger partial charge is 0.494 e. The number of methoxy groups -OCH3 is 1. The predicted octanol–water partition coefficient (Wildman–Crippen LogP) is 2.49. The molecule has 37 heavy (non-hydrogen) atoms. The Morgan fingerprint density at radius 2 is 1.92 bits per heavy atom. The number of benzene rings is 2. The molecule has 8 N–H and O–H groups in total. The van der Waals surface area contributed by atoms with Crippen LogP contribution in [0.1, 0.15) is 28.4 Å². The van der Waals surface area contributed by atoms with E-state index in [-0.39, 0.29) is 28.8 Å². The van der Waals surface area contributed by atoms with Crippen LogP contribution in [0.5, 0.6) is 5.75 Å². The van der Waals surface area contributed by atoms with E-state index in [0.29, 0.717) is 34.8 Å². The number of likely N-dealkylation sites (N-methyl/N-ethyl adjacent to an activating group) is 1. The van der Waals surface area contributed by atoms with E-state index in [9.17, 15) is 9.59 Å². The molecule has 0 unspecified atom stereocenters. The summed E-state index contributed by atoms with van der Waals surface area (Å²) in [5.74, 6) is 5.47. The molecule has 0 radical (unpaired) electrons. The lowest BCUT2D eigenvalue weighted by atomic mass is 10.1. The number of aliphatic imine (C=N–C) groups is 1. The molecule has 2 aromatic rings. The van der Waals surface area contributed by atoms with Crippen LogP contribution in [0.15, 0.2) is 53.6 Å². The average molecular weight is 507 g/mol. The Kier molecular flexibility index (Phi) is 10.5. The molecule has 196 valence electrons. The molecule has 2 aromatic carbocycles. The van der Waals surface area contributed by atoms with Gasteiger partial charge in [-0.3, -0.25) is 15.4 Å². The second kappa shape index (κ2) is 13.6. The lowest BCUT2D eigenvalue weighted by molar-refractivity contribution is -0.111. The third kappa shape index (κ3) is 8.02. The normalized spacial score (nSPS) is 12.0. The van der Waals surface area contributed by atoms with Crippen molar-refractivity contribution < 1.29 is 14.3 Å². The zero-order chi connectivity index (χ0) is 27.5. The smallest absolute Gasteiger partial charge is 0.248 e. The minimum absolute atomic E-state index is 0.0825. The summed E-state index contributed by atoms with van der Waals surface area (Å²) in [5, 5.41) is 13.4. The van der Waals surface area contributed by atoms with E-state index in [1.807, 2.05) is 31.1 Å². The fourth-order valence-electron chi connectivity index (χ4n) is 3.36. The number of amidine groups is 1. The summed E-state index contributed by atoms with van der Waals surface area (Å²) < 4.78 is 5.42. The van der Waals surface area contributed by atoms with E-state index in [0.717, 1.165) is 5.69 Å². The van der Waals surface area contributed by atoms with Gasteiger partial charge in [0, 0.05) is 48.8 Å². The monoisotopic (exact) mass is 506 g/mol. The highest BCUT2D eigenvalue weighted by Gasteiger charge is 2.15. The number of nitrogens with zero attached hydrogens (tertiary/aromatic N) is 2. The number of anilines is 2. The fraction of sp³-hybridized carbons (Fsp3) is 0.231. The molecule has 2 rings (SSSR count). The standard InChI is InChI=1S/C26H34N8O3/c1-16(35)19-12-24(37-5)23(13-22(19)32-26(36)7-6-10-34(3)4)31-25(28)14-21(33-29)17-8-9-20(30-2)18(11-17)15-27/h6-9,11-15,27,30,33H,10,29H2,1-5H3,(H2,28,31)(H,32,36)/b7-6+,21-14-,27-15?. The molecule has 11 heteroatoms. The second-order valence-corrected chi connectivity index (χ2v) is 8.22. The van der Waals surface area contributed by atoms with E-state index in [1.54, 1.807) is 19.2 Å². The van der Waals surface area contributed by atoms with Crippen molar-refractivity contribution in [3.8, 4) is 5.75 Å². The summed E-state index contributed by atoms with van der Waals surface area (Å²) in [6, 6.07) is 8.44. The van der Waals surface area contributed by atoms with Gasteiger partial charge < -0.3 is 36.8 Å². The van der Waals surface area contributed by atoms with Crippen molar-refractivity contribution >= 4 is 46.5 Å². The number of carbonyl (C=O) groups is 2. The number of rotatable bonds is 12. The van der Waals surface area contributed by atoms with Crippen LogP contribution in [-0.4, -0.2) is 63.4 Å². The molecule has 0 heterocycles. The Balaban J connectivity index is 2.49. The van der Waals surface area contributed by atoms with Crippen molar-refractivity contribution in [1.29, 1.82) is 5.41 Å². The average Bonchev–Trinajstić information content (AvgIpc) is 2.86. The second-order valence-electron chi connectivity index (χ2n) is 8.22. The van der Waals surface area contributed by atoms with E-state index in [1.165, 1.54) is 44.5 Å². The van der Waals surface area contributed by atoms with Crippen molar-refractivity contribution in [2.45, 2.75) is 6.92 Å². The number of hydrogen-bond acceptors (Lipinski definition) is 9. The zero-order valence-electron chi connectivity index (χ0n) is 21.7. The van der Waals surface area contributed by atoms with Gasteiger partial charge in [0.05, 0.1) is 18.5 Å². The molecule has 0 aliphatic heterocycles. The molecule has 0 atom stereocenters. The van der Waals surface area contributed by atoms with Crippen LogP contribution >= 0.6 is 0 Å². The van der Waals surface area contributed by atoms with Gasteiger partial charge in [-0.25, -0.2) is 4.99 Å². The lowest BCUT2D eigenvalue weighted by Gasteiger charge is -2.13. The molecular formula is C26H34N8O3. The van der Waals surface area contributed by atoms with Gasteiger partial charge in [-0.2, -0.15) is 0 Å². The van der Waals surface area contributed by atoms with Crippen LogP contribution in [0.25, 0.3) is 5.70 Å². The van der Waals surface area contributed by atoms with Crippen molar-refractivity contribution in [2.24, 2.45) is 16.6 Å². The summed E-state index contributed by atoms with van der Waals surface area (Å²) in [4.78, 5) is 31.0. The Bertz CT molecular complexity index is 1250. The highest BCUT2D eigenvalue weighted by atomic mass is 16.5. The molecule has 0 aliphatic carbocycles. The van der Waals surface area contributed by atoms with E-state index < -0.39 is 0 Å². The first-order valence-electron chi connectivity index (χ1n) is 11.3. The minimum Gasteiger partial charge on any atom is -0.494 e. The van der Waals surface area contributed by atoms with E-state index >= 15 is 0 Å². The molecule has 0 saturated carbocycles. The van der Waals surface area contributed by atoms with E-state index in [2.05, 4.69) is 21.1 Å². The summed E-state index contributed by atoms with van der Waals surface area (Å²) in [5.41, 5.74) is 12.3. The van der Waals surface area contributed by atoms with Crippen LogP contribution < -0.4 is 32.4 Å². The van der Waals surface area contributed by atoms with Gasteiger partial charge in [-0.05, 0) is 50.8 Å². The van der Waals surface area contributed by atoms with Crippen molar-refractivity contribution in [2.75, 3.05) is 45.4 Å². The molecule has 11 nitrogen and oxygen atoms in total. The third-order valence-corrected chi connectivity index (χ3v) is 5.18. The number of ether oxygens (including phenoxy) is 1. The van der Waals surface area contributed by atoms with Gasteiger partial charge in [-0.15, -0.1) is 0 Å². The zero-order valence-corrected chi connectivity index (χ0v) is 21.7. The Morgan fingerprint density at radius 1 is 1.19 bits per heavy atom. The van der Waals surface area contributed by atoms with Crippen molar-refractivity contribution in [3.63, 3.8) is 0 Å². The predicted molar refractivity (Wildman–Crippen MR) is 150 cm³/mol. The minimum atomic E-state index is -0.390. The van der Waals surface area contributed by atoms with E-state index in [4.69, 9.17) is 21.7 Å². The number of Topliss-reactive ketones (excluding diaryl/α,β-unsaturated/α-hetero) is 1. The maximum absolute atomic E-state index is 12.4. The summed E-state index contributed by atoms with van der Waals surface area (Å²) in [7, 11) is 6.99. The number of hydrogen-bond donors (Lipinski definition) is 6. The molecule has 0 fully saturated rings. The summed E-state index contributed by atoms with van der Waals surface area (Å²) in [6.07, 6.45) is 5.87. The highest BCUT2D eigenvalue weighted by molar-refractivity contribution is 6.08. The first kappa shape index (κ1) is 28.8. The molecule has 0 spiro atoms. The summed E-state index contributed by atoms with van der Waals surface area (Å²) >= 11 is 0. The molecule has 0 aliphatic rings. The number of amides is 1. The first-order chi connectivity index (χ1) is 17.6. The van der Waals surface area contributed by atoms with Gasteiger partial charge in [0.1, 0.15) is 17.3 Å². The topological polar surface area (TPSA) is 171 Å². The number of nitrogens with one attached hydrogen (secondary N) is 4. The number of ketones is 1. The number of hydrazine groups is 1. The maximum atomic E-state index is 12.4. The van der Waals surface area contributed by atoms with Gasteiger partial charge in [-0.1, -0.05) is 12.1 Å². The van der Waals surface area contributed by atoms with Crippen LogP contribution in [0.4, 0.5) is 17.1 Å². The highest BCUT2D eigenvalue weighted by Crippen LogP contribution is 2.34. The molecular weight excluding hydrogens is 472 g/mol. The number of carbonyl (C=O) groups excluding carboxylic acids is 2. The van der Waals surface area contributed by atoms with Crippen molar-refractivity contribution in [1.82, 2.24) is 10.3 Å². The van der Waals surface area contributed by atoms with Crippen LogP contribution in [0.3, 0.4) is 0 Å². The lowest BCUT2D eigenvalue weighted by Crippen LogP contribution is -2.22. The number of nitrogens with two attached hydrogens (primary N) is 2. The molecule has 0 saturated heterocycles. The van der Waals surface area contributed by atoms with Crippen LogP contribution in [-0.2, 0) is 4.79 Å². The maximum Gasteiger partial charge on any atom is 0.248 e. The van der Waals surface area contributed by atoms with Gasteiger partial charge >= 0.3 is 0 Å². The fourth-order valence-corrected chi connectivity index (χ4v) is 3.36. The van der Waals surface area contributed by atoms with Crippen LogP contribution in [0, 0.1) is 5.41 Å². The Labute approximate surface area is 216 Å². The quantitative estimate of drug-likeness (QED) is 0.0636.